The fourth-order valence-electron chi connectivity index (χ4n) is 2.63. The molecule has 0 saturated carbocycles. The third-order valence-electron chi connectivity index (χ3n) is 3.90. The lowest BCUT2D eigenvalue weighted by molar-refractivity contribution is 0.0690. The Labute approximate surface area is 182 Å². The number of thiocarbonyl (C=S) groups is 1. The van der Waals surface area contributed by atoms with Crippen LogP contribution in [0.25, 0.3) is 10.9 Å². The molecule has 150 valence electrons. The molecule has 2 aromatic carbocycles. The van der Waals surface area contributed by atoms with Gasteiger partial charge in [0, 0.05) is 23.3 Å². The molecule has 1 aromatic heterocycles. The van der Waals surface area contributed by atoms with E-state index in [4.69, 9.17) is 40.2 Å². The summed E-state index contributed by atoms with van der Waals surface area (Å²) in [7, 11) is 0. The summed E-state index contributed by atoms with van der Waals surface area (Å²) in [6, 6.07) is 14.1. The van der Waals surface area contributed by atoms with Crippen LogP contribution < -0.4 is 15.4 Å². The second-order valence-corrected chi connectivity index (χ2v) is 7.29. The first-order valence-electron chi connectivity index (χ1n) is 8.70. The van der Waals surface area contributed by atoms with Gasteiger partial charge in [0.1, 0.15) is 5.75 Å². The first-order valence-corrected chi connectivity index (χ1v) is 9.86. The van der Waals surface area contributed by atoms with Crippen LogP contribution in [0.3, 0.4) is 0 Å². The van der Waals surface area contributed by atoms with Gasteiger partial charge in [-0.1, -0.05) is 41.4 Å². The monoisotopic (exact) mass is 449 g/mol. The summed E-state index contributed by atoms with van der Waals surface area (Å²) in [6.07, 6.45) is 0.633. The van der Waals surface area contributed by atoms with Gasteiger partial charge in [0.2, 0.25) is 0 Å². The largest absolute Gasteiger partial charge is 0.493 e. The summed E-state index contributed by atoms with van der Waals surface area (Å²) >= 11 is 17.5. The van der Waals surface area contributed by atoms with Crippen LogP contribution in [0.2, 0.25) is 10.0 Å². The Bertz CT molecular complexity index is 1050. The number of rotatable bonds is 7. The molecule has 0 amide bonds. The number of hydrogen-bond acceptors (Lipinski definition) is 4. The summed E-state index contributed by atoms with van der Waals surface area (Å²) in [4.78, 5) is 15.4. The molecule has 3 N–H and O–H groups in total. The smallest absolute Gasteiger partial charge is 0.354 e. The summed E-state index contributed by atoms with van der Waals surface area (Å²) < 4.78 is 5.80. The lowest BCUT2D eigenvalue weighted by Gasteiger charge is -2.13. The number of nitrogens with one attached hydrogen (secondary N) is 2. The Hall–Kier alpha value is -2.61. The van der Waals surface area contributed by atoms with E-state index >= 15 is 0 Å². The van der Waals surface area contributed by atoms with Gasteiger partial charge in [-0.15, -0.1) is 0 Å². The van der Waals surface area contributed by atoms with E-state index in [0.717, 1.165) is 5.69 Å². The number of carboxylic acids is 1. The highest BCUT2D eigenvalue weighted by Gasteiger charge is 2.15. The molecule has 0 radical (unpaired) electrons. The minimum atomic E-state index is -1.16. The van der Waals surface area contributed by atoms with E-state index in [-0.39, 0.29) is 5.69 Å². The molecular formula is C20H17Cl2N3O3S. The number of carbonyl (C=O) groups is 1. The number of hydrogen-bond donors (Lipinski definition) is 3. The van der Waals surface area contributed by atoms with Gasteiger partial charge in [0.15, 0.2) is 10.8 Å². The van der Waals surface area contributed by atoms with Crippen LogP contribution in [0.5, 0.6) is 5.75 Å². The Kier molecular flexibility index (Phi) is 7.09. The van der Waals surface area contributed by atoms with Crippen molar-refractivity contribution >= 4 is 63.1 Å². The number of nitrogens with zero attached hydrogens (tertiary/aromatic N) is 1. The van der Waals surface area contributed by atoms with Gasteiger partial charge < -0.3 is 20.5 Å². The molecule has 6 nitrogen and oxygen atoms in total. The molecule has 3 aromatic rings. The molecule has 0 atom stereocenters. The van der Waals surface area contributed by atoms with E-state index in [1.54, 1.807) is 12.1 Å². The normalized spacial score (nSPS) is 10.6. The molecule has 0 fully saturated rings. The highest BCUT2D eigenvalue weighted by molar-refractivity contribution is 7.80. The quantitative estimate of drug-likeness (QED) is 0.345. The number of fused-ring (bicyclic) bond motifs is 1. The van der Waals surface area contributed by atoms with Crippen LogP contribution in [0, 0.1) is 0 Å². The molecule has 1 heterocycles. The lowest BCUT2D eigenvalue weighted by atomic mass is 10.1. The van der Waals surface area contributed by atoms with Crippen LogP contribution in [-0.2, 0) is 0 Å². The van der Waals surface area contributed by atoms with E-state index in [0.29, 0.717) is 51.4 Å². The fourth-order valence-corrected chi connectivity index (χ4v) is 3.42. The molecule has 0 aliphatic rings. The maximum Gasteiger partial charge on any atom is 0.354 e. The lowest BCUT2D eigenvalue weighted by Crippen LogP contribution is -2.29. The topological polar surface area (TPSA) is 83.5 Å². The fraction of sp³-hybridized carbons (Fsp3) is 0.150. The van der Waals surface area contributed by atoms with Crippen molar-refractivity contribution in [3.8, 4) is 5.75 Å². The summed E-state index contributed by atoms with van der Waals surface area (Å²) in [5.74, 6) is -0.814. The molecule has 3 rings (SSSR count). The summed E-state index contributed by atoms with van der Waals surface area (Å²) in [5.41, 5.74) is 1.12. The molecular weight excluding hydrogens is 433 g/mol. The molecule has 9 heteroatoms. The van der Waals surface area contributed by atoms with Crippen LogP contribution >= 0.6 is 35.4 Å². The van der Waals surface area contributed by atoms with Crippen molar-refractivity contribution in [1.82, 2.24) is 10.3 Å². The SMILES string of the molecule is O=C(O)c1cc(OCCCNC(=S)Nc2ccccc2)c2c(Cl)cc(Cl)cc2n1. The van der Waals surface area contributed by atoms with Crippen molar-refractivity contribution in [2.45, 2.75) is 6.42 Å². The second-order valence-electron chi connectivity index (χ2n) is 6.04. The Balaban J connectivity index is 1.60. The van der Waals surface area contributed by atoms with Gasteiger partial charge in [-0.3, -0.25) is 0 Å². The van der Waals surface area contributed by atoms with Gasteiger partial charge >= 0.3 is 5.97 Å². The Morgan fingerprint density at radius 2 is 1.93 bits per heavy atom. The number of benzene rings is 2. The van der Waals surface area contributed by atoms with E-state index in [2.05, 4.69) is 15.6 Å². The molecule has 0 unspecified atom stereocenters. The number of halogens is 2. The van der Waals surface area contributed by atoms with Crippen LogP contribution in [0.4, 0.5) is 5.69 Å². The van der Waals surface area contributed by atoms with Crippen LogP contribution in [0.15, 0.2) is 48.5 Å². The van der Waals surface area contributed by atoms with Crippen molar-refractivity contribution in [3.05, 3.63) is 64.3 Å². The Morgan fingerprint density at radius 3 is 2.66 bits per heavy atom. The third-order valence-corrected chi connectivity index (χ3v) is 4.67. The van der Waals surface area contributed by atoms with Gasteiger partial charge in [-0.2, -0.15) is 0 Å². The average molecular weight is 450 g/mol. The molecule has 0 bridgehead atoms. The number of anilines is 1. The molecule has 0 saturated heterocycles. The zero-order valence-corrected chi connectivity index (χ0v) is 17.4. The number of ether oxygens (including phenoxy) is 1. The van der Waals surface area contributed by atoms with E-state index in [9.17, 15) is 9.90 Å². The van der Waals surface area contributed by atoms with E-state index in [1.807, 2.05) is 30.3 Å². The highest BCUT2D eigenvalue weighted by Crippen LogP contribution is 2.34. The molecule has 0 aliphatic heterocycles. The molecule has 0 spiro atoms. The van der Waals surface area contributed by atoms with Gasteiger partial charge in [0.05, 0.1) is 22.5 Å². The van der Waals surface area contributed by atoms with Crippen molar-refractivity contribution < 1.29 is 14.6 Å². The zero-order chi connectivity index (χ0) is 20.8. The summed E-state index contributed by atoms with van der Waals surface area (Å²) in [5, 5.41) is 17.2. The van der Waals surface area contributed by atoms with Crippen molar-refractivity contribution in [3.63, 3.8) is 0 Å². The van der Waals surface area contributed by atoms with Crippen molar-refractivity contribution in [2.24, 2.45) is 0 Å². The van der Waals surface area contributed by atoms with Crippen molar-refractivity contribution in [2.75, 3.05) is 18.5 Å². The number of pyridine rings is 1. The van der Waals surface area contributed by atoms with Gasteiger partial charge in [0.25, 0.3) is 0 Å². The average Bonchev–Trinajstić information content (AvgIpc) is 2.67. The Morgan fingerprint density at radius 1 is 1.17 bits per heavy atom. The third kappa shape index (κ3) is 5.69. The maximum absolute atomic E-state index is 11.4. The first kappa shape index (κ1) is 21.1. The standard InChI is InChI=1S/C20H17Cl2N3O3S/c21-12-9-14(22)18-15(10-12)25-16(19(26)27)11-17(18)28-8-4-7-23-20(29)24-13-5-2-1-3-6-13/h1-3,5-6,9-11H,4,7-8H2,(H,26,27)(H2,23,24,29). The zero-order valence-electron chi connectivity index (χ0n) is 15.1. The highest BCUT2D eigenvalue weighted by atomic mass is 35.5. The van der Waals surface area contributed by atoms with E-state index < -0.39 is 5.97 Å². The number of carboxylic acid groups (broad SMARTS) is 1. The predicted octanol–water partition coefficient (Wildman–Crippen LogP) is 5.00. The molecule has 0 aliphatic carbocycles. The van der Waals surface area contributed by atoms with Crippen LogP contribution in [-0.4, -0.2) is 34.3 Å². The van der Waals surface area contributed by atoms with Gasteiger partial charge in [-0.25, -0.2) is 9.78 Å². The molecule has 29 heavy (non-hydrogen) atoms. The number of aromatic carboxylic acids is 1. The maximum atomic E-state index is 11.4. The van der Waals surface area contributed by atoms with E-state index in [1.165, 1.54) is 6.07 Å². The van der Waals surface area contributed by atoms with Crippen LogP contribution in [0.1, 0.15) is 16.9 Å². The number of para-hydroxylation sites is 1. The van der Waals surface area contributed by atoms with Crippen molar-refractivity contribution in [1.29, 1.82) is 0 Å². The predicted molar refractivity (Wildman–Crippen MR) is 119 cm³/mol. The minimum absolute atomic E-state index is 0.141. The second kappa shape index (κ2) is 9.73. The summed E-state index contributed by atoms with van der Waals surface area (Å²) in [6.45, 7) is 0.908. The first-order chi connectivity index (χ1) is 13.9. The number of aromatic nitrogens is 1. The van der Waals surface area contributed by atoms with Gasteiger partial charge in [-0.05, 0) is 42.9 Å². The minimum Gasteiger partial charge on any atom is -0.493 e.